The second kappa shape index (κ2) is 7.90. The Hall–Kier alpha value is -2.80. The number of benzene rings is 1. The quantitative estimate of drug-likeness (QED) is 0.568. The average Bonchev–Trinajstić information content (AvgIpc) is 3.14. The number of hydrogen-bond donors (Lipinski definition) is 1. The highest BCUT2D eigenvalue weighted by molar-refractivity contribution is 7.10. The fourth-order valence-electron chi connectivity index (χ4n) is 5.31. The molecule has 5 rings (SSSR count). The van der Waals surface area contributed by atoms with E-state index in [1.807, 2.05) is 40.6 Å². The molecule has 0 unspecified atom stereocenters. The van der Waals surface area contributed by atoms with Gasteiger partial charge in [0.1, 0.15) is 5.69 Å². The molecule has 0 atom stereocenters. The Bertz CT molecular complexity index is 1200. The summed E-state index contributed by atoms with van der Waals surface area (Å²) in [7, 11) is 0. The van der Waals surface area contributed by atoms with Gasteiger partial charge in [-0.15, -0.1) is 11.3 Å². The van der Waals surface area contributed by atoms with E-state index in [-0.39, 0.29) is 22.7 Å². The van der Waals surface area contributed by atoms with E-state index in [1.54, 1.807) is 6.20 Å². The largest absolute Gasteiger partial charge is 0.342 e. The molecule has 2 fully saturated rings. The van der Waals surface area contributed by atoms with Gasteiger partial charge in [-0.25, -0.2) is 4.98 Å². The number of anilines is 1. The Balaban J connectivity index is 1.22. The number of carbonyl (C=O) groups is 2. The van der Waals surface area contributed by atoms with Crippen molar-refractivity contribution >= 4 is 39.7 Å². The lowest BCUT2D eigenvalue weighted by Crippen LogP contribution is -2.39. The van der Waals surface area contributed by atoms with E-state index in [0.29, 0.717) is 23.2 Å². The minimum Gasteiger partial charge on any atom is -0.342 e. The number of nitrogens with one attached hydrogen (secondary N) is 1. The van der Waals surface area contributed by atoms with Crippen LogP contribution >= 0.6 is 11.3 Å². The third kappa shape index (κ3) is 3.72. The molecular weight excluding hydrogens is 432 g/mol. The molecule has 33 heavy (non-hydrogen) atoms. The van der Waals surface area contributed by atoms with E-state index in [1.165, 1.54) is 11.3 Å². The summed E-state index contributed by atoms with van der Waals surface area (Å²) in [5.41, 5.74) is 2.02. The molecule has 2 aromatic heterocycles. The Morgan fingerprint density at radius 2 is 1.76 bits per heavy atom. The summed E-state index contributed by atoms with van der Waals surface area (Å²) < 4.78 is 0. The van der Waals surface area contributed by atoms with Gasteiger partial charge in [-0.2, -0.15) is 0 Å². The Labute approximate surface area is 198 Å². The molecule has 1 saturated heterocycles. The summed E-state index contributed by atoms with van der Waals surface area (Å²) in [5, 5.41) is 6.76. The number of thiazole rings is 1. The van der Waals surface area contributed by atoms with Crippen LogP contribution in [-0.4, -0.2) is 39.8 Å². The van der Waals surface area contributed by atoms with Crippen molar-refractivity contribution in [3.63, 3.8) is 0 Å². The molecule has 0 bridgehead atoms. The molecule has 2 aliphatic rings. The van der Waals surface area contributed by atoms with Crippen molar-refractivity contribution in [2.24, 2.45) is 16.7 Å². The number of rotatable bonds is 4. The van der Waals surface area contributed by atoms with Crippen LogP contribution in [0.5, 0.6) is 0 Å². The lowest BCUT2D eigenvalue weighted by molar-refractivity contribution is -0.134. The standard InChI is InChI=1S/C26H30N4O2S/c1-25(2)21(26(25,3)4)24(32)30-13-10-17(11-14-30)23-29-19(15-33-23)22(31)28-18-9-5-7-16-8-6-12-27-20(16)18/h5-9,12,15,17,21H,10-11,13-14H2,1-4H3,(H,28,31). The van der Waals surface area contributed by atoms with Crippen LogP contribution in [0.25, 0.3) is 10.9 Å². The van der Waals surface area contributed by atoms with Gasteiger partial charge in [0.25, 0.3) is 5.91 Å². The van der Waals surface area contributed by atoms with Gasteiger partial charge in [-0.05, 0) is 35.8 Å². The van der Waals surface area contributed by atoms with Crippen LogP contribution in [0, 0.1) is 16.7 Å². The number of likely N-dealkylation sites (tertiary alicyclic amines) is 1. The third-order valence-corrected chi connectivity index (χ3v) is 9.07. The zero-order chi connectivity index (χ0) is 23.4. The number of para-hydroxylation sites is 1. The first-order chi connectivity index (χ1) is 15.7. The number of fused-ring (bicyclic) bond motifs is 1. The topological polar surface area (TPSA) is 75.2 Å². The van der Waals surface area contributed by atoms with Crippen LogP contribution in [0.15, 0.2) is 41.9 Å². The second-order valence-corrected chi connectivity index (χ2v) is 11.3. The van der Waals surface area contributed by atoms with Gasteiger partial charge < -0.3 is 10.2 Å². The number of nitrogens with zero attached hydrogens (tertiary/aromatic N) is 3. The minimum absolute atomic E-state index is 0.0676. The lowest BCUT2D eigenvalue weighted by Gasteiger charge is -2.31. The summed E-state index contributed by atoms with van der Waals surface area (Å²) in [5.74, 6) is 0.480. The molecule has 0 radical (unpaired) electrons. The van der Waals surface area contributed by atoms with Gasteiger partial charge in [0.05, 0.1) is 16.2 Å². The predicted octanol–water partition coefficient (Wildman–Crippen LogP) is 5.33. The molecule has 2 amide bonds. The van der Waals surface area contributed by atoms with Gasteiger partial charge in [-0.3, -0.25) is 14.6 Å². The summed E-state index contributed by atoms with van der Waals surface area (Å²) >= 11 is 1.54. The van der Waals surface area contributed by atoms with Crippen LogP contribution in [0.1, 0.15) is 62.0 Å². The fraction of sp³-hybridized carbons (Fsp3) is 0.462. The number of aromatic nitrogens is 2. The average molecular weight is 463 g/mol. The van der Waals surface area contributed by atoms with Gasteiger partial charge in [0.15, 0.2) is 0 Å². The number of amides is 2. The van der Waals surface area contributed by atoms with E-state index in [0.717, 1.165) is 41.8 Å². The molecule has 1 aromatic carbocycles. The molecule has 1 aliphatic carbocycles. The van der Waals surface area contributed by atoms with Crippen molar-refractivity contribution in [1.82, 2.24) is 14.9 Å². The molecule has 172 valence electrons. The van der Waals surface area contributed by atoms with Crippen molar-refractivity contribution in [3.05, 3.63) is 52.6 Å². The van der Waals surface area contributed by atoms with E-state index in [4.69, 9.17) is 0 Å². The molecule has 3 aromatic rings. The van der Waals surface area contributed by atoms with Crippen LogP contribution in [0.2, 0.25) is 0 Å². The zero-order valence-corrected chi connectivity index (χ0v) is 20.4. The highest BCUT2D eigenvalue weighted by Gasteiger charge is 2.68. The molecule has 6 nitrogen and oxygen atoms in total. The van der Waals surface area contributed by atoms with Gasteiger partial charge in [0.2, 0.25) is 5.91 Å². The number of carbonyl (C=O) groups excluding carboxylic acids is 2. The van der Waals surface area contributed by atoms with Crippen LogP contribution in [-0.2, 0) is 4.79 Å². The summed E-state index contributed by atoms with van der Waals surface area (Å²) in [6.07, 6.45) is 3.50. The first-order valence-electron chi connectivity index (χ1n) is 11.6. The molecule has 1 N–H and O–H groups in total. The number of piperidine rings is 1. The van der Waals surface area contributed by atoms with Gasteiger partial charge >= 0.3 is 0 Å². The summed E-state index contributed by atoms with van der Waals surface area (Å²) in [4.78, 5) is 37.0. The summed E-state index contributed by atoms with van der Waals surface area (Å²) in [6.45, 7) is 10.3. The molecule has 1 aliphatic heterocycles. The highest BCUT2D eigenvalue weighted by atomic mass is 32.1. The van der Waals surface area contributed by atoms with E-state index in [9.17, 15) is 9.59 Å². The molecule has 1 saturated carbocycles. The van der Waals surface area contributed by atoms with Crippen molar-refractivity contribution in [2.75, 3.05) is 18.4 Å². The maximum absolute atomic E-state index is 13.0. The van der Waals surface area contributed by atoms with E-state index in [2.05, 4.69) is 43.0 Å². The monoisotopic (exact) mass is 462 g/mol. The second-order valence-electron chi connectivity index (χ2n) is 10.4. The Kier molecular flexibility index (Phi) is 5.27. The SMILES string of the molecule is CC1(C)C(C(=O)N2CCC(c3nc(C(=O)Nc4cccc5cccnc45)cs3)CC2)C1(C)C. The maximum Gasteiger partial charge on any atom is 0.275 e. The normalized spacial score (nSPS) is 20.1. The van der Waals surface area contributed by atoms with E-state index >= 15 is 0 Å². The molecule has 7 heteroatoms. The lowest BCUT2D eigenvalue weighted by atomic mass is 9.96. The first kappa shape index (κ1) is 22.0. The van der Waals surface area contributed by atoms with Crippen molar-refractivity contribution in [1.29, 1.82) is 0 Å². The van der Waals surface area contributed by atoms with Crippen LogP contribution in [0.4, 0.5) is 5.69 Å². The molecule has 0 spiro atoms. The van der Waals surface area contributed by atoms with Gasteiger partial charge in [-0.1, -0.05) is 45.9 Å². The summed E-state index contributed by atoms with van der Waals surface area (Å²) in [6, 6.07) is 9.59. The number of hydrogen-bond acceptors (Lipinski definition) is 5. The zero-order valence-electron chi connectivity index (χ0n) is 19.6. The van der Waals surface area contributed by atoms with Crippen molar-refractivity contribution in [2.45, 2.75) is 46.5 Å². The number of pyridine rings is 1. The molecular formula is C26H30N4O2S. The fourth-order valence-corrected chi connectivity index (χ4v) is 6.29. The smallest absolute Gasteiger partial charge is 0.275 e. The minimum atomic E-state index is -0.221. The first-order valence-corrected chi connectivity index (χ1v) is 12.5. The van der Waals surface area contributed by atoms with Crippen molar-refractivity contribution < 1.29 is 9.59 Å². The third-order valence-electron chi connectivity index (χ3n) is 8.06. The Morgan fingerprint density at radius 1 is 1.06 bits per heavy atom. The van der Waals surface area contributed by atoms with Crippen LogP contribution < -0.4 is 5.32 Å². The maximum atomic E-state index is 13.0. The molecule has 3 heterocycles. The predicted molar refractivity (Wildman–Crippen MR) is 131 cm³/mol. The van der Waals surface area contributed by atoms with E-state index < -0.39 is 0 Å². The highest BCUT2D eigenvalue weighted by Crippen LogP contribution is 2.68. The Morgan fingerprint density at radius 3 is 2.45 bits per heavy atom. The van der Waals surface area contributed by atoms with Crippen molar-refractivity contribution in [3.8, 4) is 0 Å². The van der Waals surface area contributed by atoms with Gasteiger partial charge in [0, 0.05) is 41.9 Å². The van der Waals surface area contributed by atoms with Crippen LogP contribution in [0.3, 0.4) is 0 Å².